The molecular formula is C14H11F3N2O3. The summed E-state index contributed by atoms with van der Waals surface area (Å²) < 4.78 is 39.2. The molecule has 0 aliphatic rings. The maximum Gasteiger partial charge on any atom is 0.431 e. The van der Waals surface area contributed by atoms with Crippen molar-refractivity contribution >= 4 is 5.91 Å². The summed E-state index contributed by atoms with van der Waals surface area (Å²) in [5, 5.41) is 8.95. The van der Waals surface area contributed by atoms with Gasteiger partial charge in [-0.1, -0.05) is 24.3 Å². The lowest BCUT2D eigenvalue weighted by Crippen LogP contribution is -2.27. The highest BCUT2D eigenvalue weighted by atomic mass is 19.4. The lowest BCUT2D eigenvalue weighted by Gasteiger charge is -2.13. The summed E-state index contributed by atoms with van der Waals surface area (Å²) in [6, 6.07) is 6.38. The van der Waals surface area contributed by atoms with Gasteiger partial charge in [0.2, 0.25) is 0 Å². The van der Waals surface area contributed by atoms with E-state index in [0.717, 1.165) is 6.07 Å². The Morgan fingerprint density at radius 1 is 1.23 bits per heavy atom. The minimum atomic E-state index is -4.81. The van der Waals surface area contributed by atoms with Gasteiger partial charge in [-0.3, -0.25) is 9.59 Å². The molecule has 0 radical (unpaired) electrons. The largest absolute Gasteiger partial charge is 0.431 e. The van der Waals surface area contributed by atoms with Gasteiger partial charge in [0.15, 0.2) is 0 Å². The van der Waals surface area contributed by atoms with E-state index in [1.165, 1.54) is 24.3 Å². The van der Waals surface area contributed by atoms with Crippen LogP contribution in [0.5, 0.6) is 0 Å². The number of hydrogen-bond donors (Lipinski definition) is 3. The predicted octanol–water partition coefficient (Wildman–Crippen LogP) is 1.65. The van der Waals surface area contributed by atoms with Crippen molar-refractivity contribution in [3.05, 3.63) is 57.5 Å². The van der Waals surface area contributed by atoms with Crippen LogP contribution in [0.4, 0.5) is 13.2 Å². The first-order valence-corrected chi connectivity index (χ1v) is 6.08. The van der Waals surface area contributed by atoms with E-state index in [-0.39, 0.29) is 17.7 Å². The molecule has 0 spiro atoms. The molecule has 0 unspecified atom stereocenters. The van der Waals surface area contributed by atoms with Gasteiger partial charge in [0, 0.05) is 5.56 Å². The van der Waals surface area contributed by atoms with Gasteiger partial charge in [-0.25, -0.2) is 0 Å². The summed E-state index contributed by atoms with van der Waals surface area (Å²) in [6.07, 6.45) is -4.81. The first kappa shape index (κ1) is 15.8. The molecule has 116 valence electrons. The van der Waals surface area contributed by atoms with Gasteiger partial charge in [0.25, 0.3) is 11.5 Å². The summed E-state index contributed by atoms with van der Waals surface area (Å²) in [4.78, 5) is 24.3. The summed E-state index contributed by atoms with van der Waals surface area (Å²) in [6.45, 7) is -0.259. The molecule has 2 aromatic rings. The molecule has 0 bridgehead atoms. The number of pyridine rings is 1. The fourth-order valence-corrected chi connectivity index (χ4v) is 1.95. The third kappa shape index (κ3) is 3.01. The van der Waals surface area contributed by atoms with Gasteiger partial charge < -0.3 is 15.8 Å². The second-order valence-electron chi connectivity index (χ2n) is 4.52. The van der Waals surface area contributed by atoms with Crippen LogP contribution in [0, 0.1) is 0 Å². The van der Waals surface area contributed by atoms with Crippen LogP contribution >= 0.6 is 0 Å². The molecule has 0 aliphatic carbocycles. The van der Waals surface area contributed by atoms with Crippen molar-refractivity contribution in [2.75, 3.05) is 0 Å². The van der Waals surface area contributed by atoms with E-state index in [1.54, 1.807) is 4.98 Å². The second kappa shape index (κ2) is 5.64. The van der Waals surface area contributed by atoms with Crippen molar-refractivity contribution in [3.63, 3.8) is 0 Å². The van der Waals surface area contributed by atoms with Crippen LogP contribution < -0.4 is 11.3 Å². The van der Waals surface area contributed by atoms with Crippen molar-refractivity contribution in [3.8, 4) is 11.1 Å². The Hall–Kier alpha value is -2.61. The first-order chi connectivity index (χ1) is 10.2. The Morgan fingerprint density at radius 2 is 1.82 bits per heavy atom. The van der Waals surface area contributed by atoms with Crippen molar-refractivity contribution < 1.29 is 23.1 Å². The number of halogens is 3. The molecule has 0 saturated carbocycles. The molecule has 5 nitrogen and oxygen atoms in total. The van der Waals surface area contributed by atoms with Crippen LogP contribution in [0.3, 0.4) is 0 Å². The maximum absolute atomic E-state index is 13.1. The highest BCUT2D eigenvalue weighted by Crippen LogP contribution is 2.35. The van der Waals surface area contributed by atoms with E-state index < -0.39 is 28.9 Å². The van der Waals surface area contributed by atoms with Crippen LogP contribution in [-0.4, -0.2) is 16.0 Å². The highest BCUT2D eigenvalue weighted by molar-refractivity contribution is 5.93. The standard InChI is InChI=1S/C14H11F3N2O3/c15-14(16,17)11-9(5-10(12(18)21)13(22)19-11)8-3-1-7(6-20)2-4-8/h1-5,20H,6H2,(H2,18,21)(H,19,22). The lowest BCUT2D eigenvalue weighted by molar-refractivity contribution is -0.140. The number of aromatic nitrogens is 1. The van der Waals surface area contributed by atoms with Crippen molar-refractivity contribution in [2.45, 2.75) is 12.8 Å². The third-order valence-corrected chi connectivity index (χ3v) is 3.04. The number of benzene rings is 1. The zero-order valence-corrected chi connectivity index (χ0v) is 11.1. The smallest absolute Gasteiger partial charge is 0.392 e. The van der Waals surface area contributed by atoms with Gasteiger partial charge >= 0.3 is 6.18 Å². The second-order valence-corrected chi connectivity index (χ2v) is 4.52. The van der Waals surface area contributed by atoms with E-state index in [4.69, 9.17) is 10.8 Å². The van der Waals surface area contributed by atoms with E-state index in [9.17, 15) is 22.8 Å². The molecule has 4 N–H and O–H groups in total. The van der Waals surface area contributed by atoms with Crippen LogP contribution in [0.1, 0.15) is 21.6 Å². The Labute approximate surface area is 122 Å². The average Bonchev–Trinajstić information content (AvgIpc) is 2.46. The number of aliphatic hydroxyl groups is 1. The quantitative estimate of drug-likeness (QED) is 0.804. The molecule has 1 heterocycles. The summed E-state index contributed by atoms with van der Waals surface area (Å²) in [5.74, 6) is -1.12. The molecule has 0 aliphatic heterocycles. The fourth-order valence-electron chi connectivity index (χ4n) is 1.95. The maximum atomic E-state index is 13.1. The summed E-state index contributed by atoms with van der Waals surface area (Å²) >= 11 is 0. The number of hydrogen-bond acceptors (Lipinski definition) is 3. The number of alkyl halides is 3. The van der Waals surface area contributed by atoms with Crippen LogP contribution in [0.25, 0.3) is 11.1 Å². The molecule has 22 heavy (non-hydrogen) atoms. The normalized spacial score (nSPS) is 11.5. The zero-order chi connectivity index (χ0) is 16.5. The van der Waals surface area contributed by atoms with Crippen LogP contribution in [-0.2, 0) is 12.8 Å². The molecule has 0 saturated heterocycles. The molecule has 8 heteroatoms. The van der Waals surface area contributed by atoms with Crippen molar-refractivity contribution in [1.82, 2.24) is 4.98 Å². The number of carbonyl (C=O) groups excluding carboxylic acids is 1. The van der Waals surface area contributed by atoms with Gasteiger partial charge in [0.05, 0.1) is 6.61 Å². The lowest BCUT2D eigenvalue weighted by atomic mass is 10.00. The Balaban J connectivity index is 2.72. The summed E-state index contributed by atoms with van der Waals surface area (Å²) in [5.41, 5.74) is 2.24. The Kier molecular flexibility index (Phi) is 4.05. The number of carbonyl (C=O) groups is 1. The average molecular weight is 312 g/mol. The van der Waals surface area contributed by atoms with Crippen LogP contribution in [0.15, 0.2) is 35.1 Å². The van der Waals surface area contributed by atoms with Crippen molar-refractivity contribution in [1.29, 1.82) is 0 Å². The summed E-state index contributed by atoms with van der Waals surface area (Å²) in [7, 11) is 0. The van der Waals surface area contributed by atoms with E-state index >= 15 is 0 Å². The van der Waals surface area contributed by atoms with Crippen molar-refractivity contribution in [2.24, 2.45) is 5.73 Å². The number of amides is 1. The molecule has 0 fully saturated rings. The predicted molar refractivity (Wildman–Crippen MR) is 71.9 cm³/mol. The number of aromatic amines is 1. The number of H-pyrrole nitrogens is 1. The number of aliphatic hydroxyl groups excluding tert-OH is 1. The van der Waals surface area contributed by atoms with Gasteiger partial charge in [-0.2, -0.15) is 13.2 Å². The monoisotopic (exact) mass is 312 g/mol. The van der Waals surface area contributed by atoms with Gasteiger partial charge in [0.1, 0.15) is 11.3 Å². The number of nitrogens with two attached hydrogens (primary N) is 1. The number of primary amides is 1. The molecular weight excluding hydrogens is 301 g/mol. The fraction of sp³-hybridized carbons (Fsp3) is 0.143. The zero-order valence-electron chi connectivity index (χ0n) is 11.1. The number of nitrogens with one attached hydrogen (secondary N) is 1. The number of rotatable bonds is 3. The highest BCUT2D eigenvalue weighted by Gasteiger charge is 2.36. The minimum absolute atomic E-state index is 0.128. The van der Waals surface area contributed by atoms with Gasteiger partial charge in [-0.15, -0.1) is 0 Å². The Morgan fingerprint density at radius 3 is 2.27 bits per heavy atom. The van der Waals surface area contributed by atoms with E-state index in [0.29, 0.717) is 5.56 Å². The minimum Gasteiger partial charge on any atom is -0.392 e. The first-order valence-electron chi connectivity index (χ1n) is 6.08. The molecule has 1 aromatic heterocycles. The molecule has 1 amide bonds. The molecule has 2 rings (SSSR count). The molecule has 0 atom stereocenters. The van der Waals surface area contributed by atoms with E-state index in [2.05, 4.69) is 0 Å². The van der Waals surface area contributed by atoms with E-state index in [1.807, 2.05) is 0 Å². The van der Waals surface area contributed by atoms with Gasteiger partial charge in [-0.05, 0) is 17.2 Å². The van der Waals surface area contributed by atoms with Crippen LogP contribution in [0.2, 0.25) is 0 Å². The molecule has 1 aromatic carbocycles. The SMILES string of the molecule is NC(=O)c1cc(-c2ccc(CO)cc2)c(C(F)(F)F)[nH]c1=O. The third-order valence-electron chi connectivity index (χ3n) is 3.04. The Bertz CT molecular complexity index is 764. The topological polar surface area (TPSA) is 96.2 Å².